The zero-order chi connectivity index (χ0) is 8.97. The Balaban J connectivity index is 2.40. The van der Waals surface area contributed by atoms with Crippen LogP contribution in [0.25, 0.3) is 0 Å². The van der Waals surface area contributed by atoms with Crippen LogP contribution in [0.3, 0.4) is 0 Å². The fourth-order valence-corrected chi connectivity index (χ4v) is 1.20. The summed E-state index contributed by atoms with van der Waals surface area (Å²) in [6.07, 6.45) is 9.49. The van der Waals surface area contributed by atoms with Gasteiger partial charge in [-0.3, -0.25) is 4.79 Å². The van der Waals surface area contributed by atoms with Crippen LogP contribution in [0.5, 0.6) is 0 Å². The van der Waals surface area contributed by atoms with E-state index in [9.17, 15) is 4.79 Å². The van der Waals surface area contributed by atoms with Crippen LogP contribution in [0.2, 0.25) is 0 Å². The Bertz CT molecular complexity index is 209. The van der Waals surface area contributed by atoms with Crippen molar-refractivity contribution in [2.45, 2.75) is 18.9 Å². The standard InChI is InChI=1S/C9H13NO2/c10-8(9(11)12)6-7-4-2-1-3-5-7/h2-5,7-8H,1,6,10H2,(H,11,12). The molecule has 0 aromatic carbocycles. The van der Waals surface area contributed by atoms with E-state index < -0.39 is 12.0 Å². The molecule has 0 aromatic rings. The van der Waals surface area contributed by atoms with Gasteiger partial charge in [-0.25, -0.2) is 0 Å². The maximum Gasteiger partial charge on any atom is 0.320 e. The summed E-state index contributed by atoms with van der Waals surface area (Å²) >= 11 is 0. The second-order valence-corrected chi connectivity index (χ2v) is 2.94. The van der Waals surface area contributed by atoms with Gasteiger partial charge in [0.15, 0.2) is 0 Å². The molecule has 1 aliphatic rings. The van der Waals surface area contributed by atoms with Gasteiger partial charge < -0.3 is 10.8 Å². The fourth-order valence-electron chi connectivity index (χ4n) is 1.20. The first-order valence-corrected chi connectivity index (χ1v) is 4.02. The van der Waals surface area contributed by atoms with Crippen molar-refractivity contribution >= 4 is 5.97 Å². The van der Waals surface area contributed by atoms with Gasteiger partial charge in [0.2, 0.25) is 0 Å². The second kappa shape index (κ2) is 4.07. The average molecular weight is 167 g/mol. The number of hydrogen-bond donors (Lipinski definition) is 2. The lowest BCUT2D eigenvalue weighted by molar-refractivity contribution is -0.138. The zero-order valence-electron chi connectivity index (χ0n) is 6.81. The van der Waals surface area contributed by atoms with E-state index in [4.69, 9.17) is 10.8 Å². The molecule has 0 bridgehead atoms. The minimum Gasteiger partial charge on any atom is -0.480 e. The molecule has 0 fully saturated rings. The highest BCUT2D eigenvalue weighted by molar-refractivity contribution is 5.73. The molecule has 0 radical (unpaired) electrons. The van der Waals surface area contributed by atoms with Gasteiger partial charge in [-0.15, -0.1) is 0 Å². The number of rotatable bonds is 3. The van der Waals surface area contributed by atoms with Gasteiger partial charge in [0, 0.05) is 0 Å². The van der Waals surface area contributed by atoms with Gasteiger partial charge in [0.1, 0.15) is 6.04 Å². The van der Waals surface area contributed by atoms with Gasteiger partial charge in [0.05, 0.1) is 0 Å². The number of nitrogens with two attached hydrogens (primary N) is 1. The third kappa shape index (κ3) is 2.51. The van der Waals surface area contributed by atoms with Gasteiger partial charge in [0.25, 0.3) is 0 Å². The zero-order valence-corrected chi connectivity index (χ0v) is 6.81. The predicted molar refractivity (Wildman–Crippen MR) is 46.6 cm³/mol. The number of carboxylic acids is 1. The summed E-state index contributed by atoms with van der Waals surface area (Å²) in [5, 5.41) is 8.54. The molecule has 0 saturated carbocycles. The van der Waals surface area contributed by atoms with Crippen molar-refractivity contribution < 1.29 is 9.90 Å². The number of hydrogen-bond acceptors (Lipinski definition) is 2. The predicted octanol–water partition coefficient (Wildman–Crippen LogP) is 0.921. The lowest BCUT2D eigenvalue weighted by Crippen LogP contribution is -2.31. The number of aliphatic carboxylic acids is 1. The van der Waals surface area contributed by atoms with E-state index in [1.807, 2.05) is 24.3 Å². The first-order chi connectivity index (χ1) is 5.70. The molecular weight excluding hydrogens is 154 g/mol. The molecule has 1 atom stereocenters. The molecule has 3 nitrogen and oxygen atoms in total. The highest BCUT2D eigenvalue weighted by Gasteiger charge is 2.15. The van der Waals surface area contributed by atoms with Crippen LogP contribution in [0.1, 0.15) is 12.8 Å². The third-order valence-corrected chi connectivity index (χ3v) is 1.88. The third-order valence-electron chi connectivity index (χ3n) is 1.88. The molecule has 0 aromatic heterocycles. The maximum absolute atomic E-state index is 10.4. The smallest absolute Gasteiger partial charge is 0.320 e. The minimum atomic E-state index is -0.928. The van der Waals surface area contributed by atoms with Gasteiger partial charge in [-0.1, -0.05) is 24.3 Å². The lowest BCUT2D eigenvalue weighted by atomic mass is 9.96. The topological polar surface area (TPSA) is 63.3 Å². The highest BCUT2D eigenvalue weighted by atomic mass is 16.4. The van der Waals surface area contributed by atoms with Gasteiger partial charge >= 0.3 is 5.97 Å². The summed E-state index contributed by atoms with van der Waals surface area (Å²) in [5.74, 6) is -0.729. The molecule has 0 spiro atoms. The molecule has 1 unspecified atom stereocenters. The van der Waals surface area contributed by atoms with E-state index in [-0.39, 0.29) is 5.92 Å². The summed E-state index contributed by atoms with van der Waals surface area (Å²) in [6, 6.07) is -0.748. The Morgan fingerprint density at radius 3 is 2.67 bits per heavy atom. The normalized spacial score (nSPS) is 19.4. The Kier molecular flexibility index (Phi) is 3.05. The number of carboxylic acid groups (broad SMARTS) is 1. The second-order valence-electron chi connectivity index (χ2n) is 2.94. The summed E-state index contributed by atoms with van der Waals surface area (Å²) in [6.45, 7) is 0. The Hall–Kier alpha value is -1.09. The monoisotopic (exact) mass is 167 g/mol. The Labute approximate surface area is 71.6 Å². The molecule has 3 heteroatoms. The first kappa shape index (κ1) is 9.00. The van der Waals surface area contributed by atoms with Crippen molar-refractivity contribution in [3.05, 3.63) is 24.3 Å². The van der Waals surface area contributed by atoms with Gasteiger partial charge in [-0.2, -0.15) is 0 Å². The molecule has 0 saturated heterocycles. The molecule has 0 aliphatic heterocycles. The van der Waals surface area contributed by atoms with Crippen molar-refractivity contribution in [1.29, 1.82) is 0 Å². The molecule has 66 valence electrons. The molecule has 1 rings (SSSR count). The molecule has 3 N–H and O–H groups in total. The number of carbonyl (C=O) groups is 1. The van der Waals surface area contributed by atoms with E-state index >= 15 is 0 Å². The lowest BCUT2D eigenvalue weighted by Gasteiger charge is -2.13. The summed E-state index contributed by atoms with van der Waals surface area (Å²) in [7, 11) is 0. The largest absolute Gasteiger partial charge is 0.480 e. The van der Waals surface area contributed by atoms with Crippen molar-refractivity contribution in [3.63, 3.8) is 0 Å². The maximum atomic E-state index is 10.4. The quantitative estimate of drug-likeness (QED) is 0.614. The molecule has 0 amide bonds. The van der Waals surface area contributed by atoms with Crippen LogP contribution < -0.4 is 5.73 Å². The van der Waals surface area contributed by atoms with Crippen LogP contribution >= 0.6 is 0 Å². The molecule has 12 heavy (non-hydrogen) atoms. The summed E-state index contributed by atoms with van der Waals surface area (Å²) in [4.78, 5) is 10.4. The van der Waals surface area contributed by atoms with E-state index in [0.29, 0.717) is 6.42 Å². The van der Waals surface area contributed by atoms with Crippen molar-refractivity contribution in [2.24, 2.45) is 11.7 Å². The molecule has 1 aliphatic carbocycles. The van der Waals surface area contributed by atoms with Crippen LogP contribution in [0.15, 0.2) is 24.3 Å². The van der Waals surface area contributed by atoms with Crippen LogP contribution in [0.4, 0.5) is 0 Å². The molecular formula is C9H13NO2. The highest BCUT2D eigenvalue weighted by Crippen LogP contribution is 2.14. The first-order valence-electron chi connectivity index (χ1n) is 4.02. The van der Waals surface area contributed by atoms with Gasteiger partial charge in [-0.05, 0) is 18.8 Å². The summed E-state index contributed by atoms with van der Waals surface area (Å²) in [5.41, 5.74) is 5.38. The number of allylic oxidation sites excluding steroid dienone is 4. The van der Waals surface area contributed by atoms with E-state index in [2.05, 4.69) is 0 Å². The van der Waals surface area contributed by atoms with Crippen LogP contribution in [-0.2, 0) is 4.79 Å². The van der Waals surface area contributed by atoms with Crippen molar-refractivity contribution in [3.8, 4) is 0 Å². The average Bonchev–Trinajstić information content (AvgIpc) is 2.06. The van der Waals surface area contributed by atoms with Crippen LogP contribution in [0, 0.1) is 5.92 Å². The van der Waals surface area contributed by atoms with Crippen molar-refractivity contribution in [1.82, 2.24) is 0 Å². The van der Waals surface area contributed by atoms with E-state index in [1.165, 1.54) is 0 Å². The SMILES string of the molecule is NC(CC1C=CCC=C1)C(=O)O. The molecule has 0 heterocycles. The Morgan fingerprint density at radius 2 is 2.17 bits per heavy atom. The van der Waals surface area contributed by atoms with Crippen LogP contribution in [-0.4, -0.2) is 17.1 Å². The summed E-state index contributed by atoms with van der Waals surface area (Å²) < 4.78 is 0. The van der Waals surface area contributed by atoms with Crippen molar-refractivity contribution in [2.75, 3.05) is 0 Å². The van der Waals surface area contributed by atoms with E-state index in [0.717, 1.165) is 6.42 Å². The van der Waals surface area contributed by atoms with E-state index in [1.54, 1.807) is 0 Å². The Morgan fingerprint density at radius 1 is 1.58 bits per heavy atom. The fraction of sp³-hybridized carbons (Fsp3) is 0.444. The minimum absolute atomic E-state index is 0.199.